The van der Waals surface area contributed by atoms with Gasteiger partial charge in [0.15, 0.2) is 0 Å². The summed E-state index contributed by atoms with van der Waals surface area (Å²) in [6.45, 7) is 5.08. The second-order valence-electron chi connectivity index (χ2n) is 9.65. The van der Waals surface area contributed by atoms with E-state index in [1.165, 1.54) is 16.0 Å². The number of anilines is 1. The number of nitrogens with zero attached hydrogens (tertiary/aromatic N) is 3. The summed E-state index contributed by atoms with van der Waals surface area (Å²) in [5, 5.41) is 2.14. The number of hydrogen-bond acceptors (Lipinski definition) is 5. The molecule has 34 heavy (non-hydrogen) atoms. The van der Waals surface area contributed by atoms with Crippen molar-refractivity contribution >= 4 is 22.9 Å². The number of benzene rings is 2. The van der Waals surface area contributed by atoms with E-state index in [9.17, 15) is 4.79 Å². The molecule has 3 aliphatic rings. The quantitative estimate of drug-likeness (QED) is 0.474. The van der Waals surface area contributed by atoms with E-state index in [1.807, 2.05) is 11.0 Å². The van der Waals surface area contributed by atoms with E-state index in [2.05, 4.69) is 75.8 Å². The van der Waals surface area contributed by atoms with Crippen molar-refractivity contribution in [2.75, 3.05) is 44.4 Å². The number of carbonyl (C=O) groups is 1. The Hall–Kier alpha value is -2.67. The molecule has 4 heterocycles. The number of carbonyl (C=O) groups excluding carboxylic acids is 1. The minimum atomic E-state index is -0.429. The number of rotatable bonds is 7. The molecule has 1 amide bonds. The van der Waals surface area contributed by atoms with Crippen LogP contribution in [0.2, 0.25) is 0 Å². The molecule has 1 atom stereocenters. The van der Waals surface area contributed by atoms with Crippen LogP contribution in [0, 0.1) is 0 Å². The number of thiophene rings is 1. The van der Waals surface area contributed by atoms with E-state index in [0.717, 1.165) is 51.2 Å². The maximum atomic E-state index is 13.7. The molecule has 3 saturated heterocycles. The minimum absolute atomic E-state index is 0.222. The number of piperidine rings is 1. The highest BCUT2D eigenvalue weighted by Gasteiger charge is 2.54. The lowest BCUT2D eigenvalue weighted by Crippen LogP contribution is -2.56. The summed E-state index contributed by atoms with van der Waals surface area (Å²) in [4.78, 5) is 22.0. The predicted octanol–water partition coefficient (Wildman–Crippen LogP) is 4.50. The van der Waals surface area contributed by atoms with Gasteiger partial charge in [-0.3, -0.25) is 4.79 Å². The molecule has 3 aliphatic heterocycles. The van der Waals surface area contributed by atoms with Gasteiger partial charge in [-0.1, -0.05) is 48.5 Å². The fourth-order valence-electron chi connectivity index (χ4n) is 5.60. The van der Waals surface area contributed by atoms with Crippen LogP contribution in [-0.2, 0) is 16.0 Å². The summed E-state index contributed by atoms with van der Waals surface area (Å²) < 4.78 is 5.44. The van der Waals surface area contributed by atoms with Gasteiger partial charge in [-0.05, 0) is 54.0 Å². The number of hydrogen-bond donors (Lipinski definition) is 0. The van der Waals surface area contributed by atoms with E-state index >= 15 is 0 Å². The molecule has 1 spiro atoms. The maximum Gasteiger partial charge on any atom is 0.250 e. The van der Waals surface area contributed by atoms with Crippen LogP contribution in [-0.4, -0.2) is 66.8 Å². The van der Waals surface area contributed by atoms with Gasteiger partial charge in [0.05, 0.1) is 25.9 Å². The Morgan fingerprint density at radius 1 is 0.971 bits per heavy atom. The molecule has 0 bridgehead atoms. The molecule has 6 heteroatoms. The van der Waals surface area contributed by atoms with Crippen LogP contribution in [0.4, 0.5) is 5.69 Å². The van der Waals surface area contributed by atoms with Crippen molar-refractivity contribution in [1.29, 1.82) is 0 Å². The van der Waals surface area contributed by atoms with E-state index in [-0.39, 0.29) is 12.0 Å². The number of para-hydroxylation sites is 1. The largest absolute Gasteiger partial charge is 0.371 e. The third-order valence-electron chi connectivity index (χ3n) is 7.59. The van der Waals surface area contributed by atoms with Crippen molar-refractivity contribution in [3.8, 4) is 10.4 Å². The van der Waals surface area contributed by atoms with Gasteiger partial charge in [-0.25, -0.2) is 0 Å². The first-order chi connectivity index (χ1) is 16.7. The topological polar surface area (TPSA) is 39.3 Å². The Morgan fingerprint density at radius 3 is 2.47 bits per heavy atom. The van der Waals surface area contributed by atoms with Gasteiger partial charge in [-0.15, -0.1) is 11.3 Å². The number of amides is 1. The molecule has 6 rings (SSSR count). The second-order valence-corrected chi connectivity index (χ2v) is 10.6. The molecular formula is C28H31N3O2S. The Kier molecular flexibility index (Phi) is 5.89. The van der Waals surface area contributed by atoms with E-state index < -0.39 is 5.54 Å². The van der Waals surface area contributed by atoms with Crippen LogP contribution in [0.25, 0.3) is 10.4 Å². The zero-order valence-electron chi connectivity index (χ0n) is 19.4. The molecule has 176 valence electrons. The minimum Gasteiger partial charge on any atom is -0.371 e. The van der Waals surface area contributed by atoms with E-state index in [1.54, 1.807) is 11.3 Å². The van der Waals surface area contributed by atoms with Crippen molar-refractivity contribution in [1.82, 2.24) is 9.80 Å². The molecular weight excluding hydrogens is 442 g/mol. The van der Waals surface area contributed by atoms with Gasteiger partial charge >= 0.3 is 0 Å². The van der Waals surface area contributed by atoms with E-state index in [0.29, 0.717) is 13.2 Å². The fourth-order valence-corrected chi connectivity index (χ4v) is 6.38. The van der Waals surface area contributed by atoms with Crippen LogP contribution in [0.1, 0.15) is 18.4 Å². The molecule has 2 aromatic carbocycles. The van der Waals surface area contributed by atoms with Crippen LogP contribution < -0.4 is 4.90 Å². The highest BCUT2D eigenvalue weighted by atomic mass is 32.1. The van der Waals surface area contributed by atoms with Crippen molar-refractivity contribution in [2.45, 2.75) is 30.9 Å². The average Bonchev–Trinajstić information content (AvgIpc) is 3.46. The highest BCUT2D eigenvalue weighted by Crippen LogP contribution is 2.40. The zero-order chi connectivity index (χ0) is 23.0. The zero-order valence-corrected chi connectivity index (χ0v) is 20.3. The summed E-state index contributed by atoms with van der Waals surface area (Å²) >= 11 is 1.80. The Labute approximate surface area is 205 Å². The maximum absolute atomic E-state index is 13.7. The van der Waals surface area contributed by atoms with Crippen LogP contribution in [0.15, 0.2) is 72.1 Å². The number of ether oxygens (including phenoxy) is 1. The van der Waals surface area contributed by atoms with Crippen molar-refractivity contribution < 1.29 is 9.53 Å². The molecule has 5 nitrogen and oxygen atoms in total. The summed E-state index contributed by atoms with van der Waals surface area (Å²) in [5.41, 5.74) is 3.48. The Bertz CT molecular complexity index is 1120. The van der Waals surface area contributed by atoms with Gasteiger partial charge in [0.2, 0.25) is 5.91 Å². The third kappa shape index (κ3) is 4.15. The first kappa shape index (κ1) is 21.8. The average molecular weight is 474 g/mol. The first-order valence-electron chi connectivity index (χ1n) is 12.3. The van der Waals surface area contributed by atoms with E-state index in [4.69, 9.17) is 4.74 Å². The Morgan fingerprint density at radius 2 is 1.74 bits per heavy atom. The fraction of sp³-hybridized carbons (Fsp3) is 0.393. The first-order valence-corrected chi connectivity index (χ1v) is 13.2. The van der Waals surface area contributed by atoms with Crippen LogP contribution in [0.3, 0.4) is 0 Å². The summed E-state index contributed by atoms with van der Waals surface area (Å²) in [6, 6.07) is 23.6. The molecule has 0 radical (unpaired) electrons. The molecule has 3 fully saturated rings. The van der Waals surface area contributed by atoms with Crippen molar-refractivity contribution in [3.05, 3.63) is 77.7 Å². The summed E-state index contributed by atoms with van der Waals surface area (Å²) in [7, 11) is 0. The molecule has 0 saturated carbocycles. The summed E-state index contributed by atoms with van der Waals surface area (Å²) in [6.07, 6.45) is 2.99. The number of likely N-dealkylation sites (tertiary alicyclic amines) is 1. The molecule has 0 N–H and O–H groups in total. The molecule has 3 aromatic rings. The van der Waals surface area contributed by atoms with Gasteiger partial charge in [-0.2, -0.15) is 0 Å². The SMILES string of the molecule is O=C1N(C[C@@H]2CO2)CN(c2ccccc2)C12CCN(CCc1ccccc1-c1cccs1)CC2. The van der Waals surface area contributed by atoms with Gasteiger partial charge in [0.1, 0.15) is 5.54 Å². The smallest absolute Gasteiger partial charge is 0.250 e. The second kappa shape index (κ2) is 9.17. The van der Waals surface area contributed by atoms with Crippen LogP contribution in [0.5, 0.6) is 0 Å². The summed E-state index contributed by atoms with van der Waals surface area (Å²) in [5.74, 6) is 0.287. The van der Waals surface area contributed by atoms with Gasteiger partial charge in [0.25, 0.3) is 0 Å². The highest BCUT2D eigenvalue weighted by molar-refractivity contribution is 7.13. The predicted molar refractivity (Wildman–Crippen MR) is 137 cm³/mol. The van der Waals surface area contributed by atoms with Crippen LogP contribution >= 0.6 is 11.3 Å². The Balaban J connectivity index is 1.15. The van der Waals surface area contributed by atoms with Crippen molar-refractivity contribution in [3.63, 3.8) is 0 Å². The number of epoxide rings is 1. The standard InChI is InChI=1S/C28H31N3O2S/c32-27-28(31(23-8-2-1-3-9-23)21-30(27)19-24-20-33-24)13-16-29(17-14-28)15-12-22-7-4-5-10-25(22)26-11-6-18-34-26/h1-11,18,24H,12-17,19-21H2/t24-/m1/s1. The van der Waals surface area contributed by atoms with Crippen molar-refractivity contribution in [2.24, 2.45) is 0 Å². The molecule has 0 unspecified atom stereocenters. The molecule has 1 aromatic heterocycles. The lowest BCUT2D eigenvalue weighted by atomic mass is 9.85. The monoisotopic (exact) mass is 473 g/mol. The van der Waals surface area contributed by atoms with Gasteiger partial charge in [0, 0.05) is 30.2 Å². The lowest BCUT2D eigenvalue weighted by molar-refractivity contribution is -0.133. The third-order valence-corrected chi connectivity index (χ3v) is 8.50. The van der Waals surface area contributed by atoms with Gasteiger partial charge < -0.3 is 19.4 Å². The lowest BCUT2D eigenvalue weighted by Gasteiger charge is -2.43. The normalized spacial score (nSPS) is 22.0. The molecule has 0 aliphatic carbocycles.